The highest BCUT2D eigenvalue weighted by atomic mass is 16.2. The number of nitrogens with zero attached hydrogens (tertiary/aromatic N) is 1. The number of amides is 1. The molecule has 0 unspecified atom stereocenters. The van der Waals surface area contributed by atoms with Crippen LogP contribution >= 0.6 is 0 Å². The predicted molar refractivity (Wildman–Crippen MR) is 63.4 cm³/mol. The highest BCUT2D eigenvalue weighted by Crippen LogP contribution is 2.04. The van der Waals surface area contributed by atoms with Crippen molar-refractivity contribution in [3.63, 3.8) is 0 Å². The number of aromatic amines is 1. The van der Waals surface area contributed by atoms with Gasteiger partial charge >= 0.3 is 0 Å². The Bertz CT molecular complexity index is 435. The lowest BCUT2D eigenvalue weighted by Crippen LogP contribution is -2.39. The fraction of sp³-hybridized carbons (Fsp3) is 0.333. The number of rotatable bonds is 4. The average Bonchev–Trinajstić information content (AvgIpc) is 2.25. The molecule has 0 aromatic carbocycles. The molecule has 1 aromatic rings. The molecule has 0 saturated carbocycles. The molecule has 0 spiro atoms. The van der Waals surface area contributed by atoms with Crippen molar-refractivity contribution in [3.05, 3.63) is 46.9 Å². The second kappa shape index (κ2) is 5.30. The van der Waals surface area contributed by atoms with Crippen LogP contribution in [-0.2, 0) is 0 Å². The van der Waals surface area contributed by atoms with Crippen LogP contribution < -0.4 is 5.43 Å². The lowest BCUT2D eigenvalue weighted by atomic mass is 10.2. The summed E-state index contributed by atoms with van der Waals surface area (Å²) in [5.74, 6) is -0.267. The van der Waals surface area contributed by atoms with Crippen LogP contribution in [0.4, 0.5) is 0 Å². The van der Waals surface area contributed by atoms with E-state index < -0.39 is 0 Å². The van der Waals surface area contributed by atoms with Gasteiger partial charge in [-0.25, -0.2) is 0 Å². The molecule has 0 aliphatic heterocycles. The summed E-state index contributed by atoms with van der Waals surface area (Å²) < 4.78 is 0. The van der Waals surface area contributed by atoms with Crippen molar-refractivity contribution in [1.29, 1.82) is 0 Å². The van der Waals surface area contributed by atoms with Gasteiger partial charge < -0.3 is 9.88 Å². The van der Waals surface area contributed by atoms with Crippen LogP contribution in [0.5, 0.6) is 0 Å². The molecule has 16 heavy (non-hydrogen) atoms. The smallest absolute Gasteiger partial charge is 0.259 e. The first-order chi connectivity index (χ1) is 7.57. The van der Waals surface area contributed by atoms with Crippen LogP contribution in [0.15, 0.2) is 35.9 Å². The topological polar surface area (TPSA) is 53.2 Å². The maximum Gasteiger partial charge on any atom is 0.259 e. The molecule has 0 radical (unpaired) electrons. The maximum atomic E-state index is 12.1. The van der Waals surface area contributed by atoms with Gasteiger partial charge in [0.1, 0.15) is 5.56 Å². The summed E-state index contributed by atoms with van der Waals surface area (Å²) in [5, 5.41) is 0. The number of H-pyrrole nitrogens is 1. The summed E-state index contributed by atoms with van der Waals surface area (Å²) in [6.45, 7) is 7.84. The Morgan fingerprint density at radius 3 is 2.81 bits per heavy atom. The normalized spacial score (nSPS) is 10.2. The molecule has 0 fully saturated rings. The van der Waals surface area contributed by atoms with Crippen molar-refractivity contribution < 1.29 is 4.79 Å². The zero-order valence-corrected chi connectivity index (χ0v) is 9.56. The van der Waals surface area contributed by atoms with E-state index in [1.807, 2.05) is 13.8 Å². The lowest BCUT2D eigenvalue weighted by molar-refractivity contribution is 0.0727. The monoisotopic (exact) mass is 220 g/mol. The number of nitrogens with one attached hydrogen (secondary N) is 1. The molecule has 86 valence electrons. The Morgan fingerprint density at radius 2 is 2.31 bits per heavy atom. The summed E-state index contributed by atoms with van der Waals surface area (Å²) in [6, 6.07) is 1.38. The number of carbonyl (C=O) groups is 1. The van der Waals surface area contributed by atoms with Crippen LogP contribution in [0, 0.1) is 0 Å². The van der Waals surface area contributed by atoms with E-state index in [0.717, 1.165) is 0 Å². The molecule has 4 nitrogen and oxygen atoms in total. The molecule has 1 rings (SSSR count). The van der Waals surface area contributed by atoms with Gasteiger partial charge in [-0.15, -0.1) is 6.58 Å². The molecular formula is C12H16N2O2. The molecule has 0 saturated heterocycles. The second-order valence-corrected chi connectivity index (χ2v) is 3.76. The van der Waals surface area contributed by atoms with Crippen LogP contribution in [0.3, 0.4) is 0 Å². The summed E-state index contributed by atoms with van der Waals surface area (Å²) in [6.07, 6.45) is 4.59. The van der Waals surface area contributed by atoms with E-state index in [9.17, 15) is 9.59 Å². The minimum atomic E-state index is -0.267. The molecule has 0 atom stereocenters. The maximum absolute atomic E-state index is 12.1. The predicted octanol–water partition coefficient (Wildman–Crippen LogP) is 1.41. The third-order valence-corrected chi connectivity index (χ3v) is 2.26. The second-order valence-electron chi connectivity index (χ2n) is 3.76. The molecule has 1 aromatic heterocycles. The molecule has 0 aliphatic carbocycles. The minimum absolute atomic E-state index is 0.0325. The van der Waals surface area contributed by atoms with Gasteiger partial charge in [-0.2, -0.15) is 0 Å². The summed E-state index contributed by atoms with van der Waals surface area (Å²) in [4.78, 5) is 27.9. The van der Waals surface area contributed by atoms with Crippen LogP contribution in [-0.4, -0.2) is 28.4 Å². The van der Waals surface area contributed by atoms with E-state index in [0.29, 0.717) is 6.54 Å². The van der Waals surface area contributed by atoms with Crippen molar-refractivity contribution in [2.75, 3.05) is 6.54 Å². The number of hydrogen-bond acceptors (Lipinski definition) is 2. The quantitative estimate of drug-likeness (QED) is 0.780. The summed E-state index contributed by atoms with van der Waals surface area (Å²) >= 11 is 0. The van der Waals surface area contributed by atoms with Crippen LogP contribution in [0.1, 0.15) is 24.2 Å². The molecular weight excluding hydrogens is 204 g/mol. The van der Waals surface area contributed by atoms with Gasteiger partial charge in [-0.3, -0.25) is 9.59 Å². The van der Waals surface area contributed by atoms with Gasteiger partial charge in [0.25, 0.3) is 5.91 Å². The Balaban J connectivity index is 3.04. The summed E-state index contributed by atoms with van der Waals surface area (Å²) in [5.41, 5.74) is -0.100. The first-order valence-electron chi connectivity index (χ1n) is 5.17. The fourth-order valence-electron chi connectivity index (χ4n) is 1.41. The third-order valence-electron chi connectivity index (χ3n) is 2.26. The zero-order valence-electron chi connectivity index (χ0n) is 9.56. The van der Waals surface area contributed by atoms with Crippen LogP contribution in [0.2, 0.25) is 0 Å². The van der Waals surface area contributed by atoms with E-state index >= 15 is 0 Å². The molecule has 1 heterocycles. The Morgan fingerprint density at radius 1 is 1.62 bits per heavy atom. The number of carbonyl (C=O) groups excluding carboxylic acids is 1. The van der Waals surface area contributed by atoms with Gasteiger partial charge in [-0.05, 0) is 13.8 Å². The Labute approximate surface area is 94.6 Å². The highest BCUT2D eigenvalue weighted by Gasteiger charge is 2.19. The Kier molecular flexibility index (Phi) is 4.05. The first kappa shape index (κ1) is 12.2. The molecule has 0 aliphatic rings. The fourth-order valence-corrected chi connectivity index (χ4v) is 1.41. The standard InChI is InChI=1S/C12H16N2O2/c1-4-7-14(9(2)3)12(16)10-8-13-6-5-11(10)15/h4-6,8-9H,1,7H2,2-3H3,(H,13,15). The van der Waals surface area contributed by atoms with E-state index in [-0.39, 0.29) is 22.9 Å². The zero-order chi connectivity index (χ0) is 12.1. The summed E-state index contributed by atoms with van der Waals surface area (Å²) in [7, 11) is 0. The highest BCUT2D eigenvalue weighted by molar-refractivity contribution is 5.94. The van der Waals surface area contributed by atoms with E-state index in [4.69, 9.17) is 0 Å². The van der Waals surface area contributed by atoms with Gasteiger partial charge in [-0.1, -0.05) is 6.08 Å². The Hall–Kier alpha value is -1.84. The van der Waals surface area contributed by atoms with Gasteiger partial charge in [0, 0.05) is 31.0 Å². The first-order valence-corrected chi connectivity index (χ1v) is 5.17. The van der Waals surface area contributed by atoms with Crippen molar-refractivity contribution in [2.24, 2.45) is 0 Å². The van der Waals surface area contributed by atoms with Gasteiger partial charge in [0.15, 0.2) is 5.43 Å². The van der Waals surface area contributed by atoms with E-state index in [1.54, 1.807) is 11.0 Å². The van der Waals surface area contributed by atoms with Crippen LogP contribution in [0.25, 0.3) is 0 Å². The van der Waals surface area contributed by atoms with Crippen molar-refractivity contribution in [3.8, 4) is 0 Å². The number of pyridine rings is 1. The average molecular weight is 220 g/mol. The van der Waals surface area contributed by atoms with E-state index in [2.05, 4.69) is 11.6 Å². The largest absolute Gasteiger partial charge is 0.367 e. The molecule has 0 bridgehead atoms. The molecule has 1 N–H and O–H groups in total. The molecule has 1 amide bonds. The van der Waals surface area contributed by atoms with Gasteiger partial charge in [0.2, 0.25) is 0 Å². The lowest BCUT2D eigenvalue weighted by Gasteiger charge is -2.24. The van der Waals surface area contributed by atoms with E-state index in [1.165, 1.54) is 18.5 Å². The number of hydrogen-bond donors (Lipinski definition) is 1. The minimum Gasteiger partial charge on any atom is -0.367 e. The number of aromatic nitrogens is 1. The van der Waals surface area contributed by atoms with Crippen molar-refractivity contribution in [2.45, 2.75) is 19.9 Å². The van der Waals surface area contributed by atoms with Crippen molar-refractivity contribution in [1.82, 2.24) is 9.88 Å². The van der Waals surface area contributed by atoms with Crippen molar-refractivity contribution >= 4 is 5.91 Å². The SMILES string of the molecule is C=CCN(C(=O)c1c[nH]ccc1=O)C(C)C. The third kappa shape index (κ3) is 2.59. The molecule has 4 heteroatoms. The van der Waals surface area contributed by atoms with Gasteiger partial charge in [0.05, 0.1) is 0 Å².